The Labute approximate surface area is 250 Å². The number of fused-ring (bicyclic) bond motifs is 2. The molecule has 3 N–H and O–H groups in total. The summed E-state index contributed by atoms with van der Waals surface area (Å²) >= 11 is 1.70. The van der Waals surface area contributed by atoms with Gasteiger partial charge in [-0.25, -0.2) is 0 Å². The van der Waals surface area contributed by atoms with Gasteiger partial charge in [0.2, 0.25) is 5.56 Å². The van der Waals surface area contributed by atoms with Crippen LogP contribution in [0.5, 0.6) is 11.5 Å². The highest BCUT2D eigenvalue weighted by atomic mass is 32.2. The van der Waals surface area contributed by atoms with Gasteiger partial charge in [-0.2, -0.15) is 0 Å². The number of aromatic nitrogens is 1. The molecule has 4 heterocycles. The van der Waals surface area contributed by atoms with E-state index in [1.807, 2.05) is 24.3 Å². The summed E-state index contributed by atoms with van der Waals surface area (Å²) in [4.78, 5) is 22.5. The van der Waals surface area contributed by atoms with Crippen molar-refractivity contribution in [3.8, 4) is 22.8 Å². The van der Waals surface area contributed by atoms with Crippen molar-refractivity contribution in [2.75, 3.05) is 62.7 Å². The van der Waals surface area contributed by atoms with Crippen LogP contribution >= 0.6 is 11.8 Å². The number of hydrogen-bond acceptors (Lipinski definition) is 8. The number of hydrogen-bond donors (Lipinski definition) is 3. The average Bonchev–Trinajstić information content (AvgIpc) is 3.03. The Balaban J connectivity index is 1.05. The number of ether oxygens (including phenoxy) is 2. The van der Waals surface area contributed by atoms with Gasteiger partial charge in [-0.05, 0) is 48.4 Å². The number of morpholine rings is 1. The molecular formula is C33H35N5O3S. The number of rotatable bonds is 7. The zero-order chi connectivity index (χ0) is 28.3. The van der Waals surface area contributed by atoms with Crippen LogP contribution in [0.3, 0.4) is 0 Å². The molecule has 7 rings (SSSR count). The first-order valence-electron chi connectivity index (χ1n) is 14.6. The maximum Gasteiger partial charge on any atom is 0.250 e. The average molecular weight is 582 g/mol. The second-order valence-corrected chi connectivity index (χ2v) is 12.0. The number of aromatic amines is 1. The summed E-state index contributed by atoms with van der Waals surface area (Å²) in [6.07, 6.45) is 1.24. The molecule has 8 nitrogen and oxygen atoms in total. The quantitative estimate of drug-likeness (QED) is 0.247. The monoisotopic (exact) mass is 581 g/mol. The molecular weight excluding hydrogens is 546 g/mol. The van der Waals surface area contributed by atoms with Crippen LogP contribution in [0.25, 0.3) is 11.3 Å². The Morgan fingerprint density at radius 1 is 0.929 bits per heavy atom. The standard InChI is InChI=1S/C33H35N5O3S/c39-32-21-25(38-15-17-40-18-16-38)20-27(36-32)26-7-4-8-29-33(26)41-28-10-9-24(19-30(28)42-29)35-31-22-37(14-12-34-31)13-11-23-5-2-1-3-6-23/h1-10,19-21,31,34-35H,11-18,22H2,(H,36,39). The molecule has 1 unspecified atom stereocenters. The SMILES string of the molecule is O=c1cc(N2CCOCC2)cc(-c2cccc3c2Oc2ccc(NC4CN(CCc5ccccc5)CCN4)cc2S3)[nH]1. The number of pyridine rings is 1. The lowest BCUT2D eigenvalue weighted by Crippen LogP contribution is -2.54. The fraction of sp³-hybridized carbons (Fsp3) is 0.303. The van der Waals surface area contributed by atoms with Crippen molar-refractivity contribution in [3.63, 3.8) is 0 Å². The fourth-order valence-corrected chi connectivity index (χ4v) is 6.85. The summed E-state index contributed by atoms with van der Waals surface area (Å²) in [6, 6.07) is 26.8. The molecule has 2 saturated heterocycles. The van der Waals surface area contributed by atoms with Crippen molar-refractivity contribution in [3.05, 3.63) is 94.8 Å². The first-order chi connectivity index (χ1) is 20.7. The number of para-hydroxylation sites is 1. The lowest BCUT2D eigenvalue weighted by Gasteiger charge is -2.34. The van der Waals surface area contributed by atoms with Crippen LogP contribution in [-0.4, -0.2) is 68.5 Å². The lowest BCUT2D eigenvalue weighted by molar-refractivity contribution is 0.122. The van der Waals surface area contributed by atoms with Crippen LogP contribution in [0.2, 0.25) is 0 Å². The minimum Gasteiger partial charge on any atom is -0.454 e. The molecule has 0 spiro atoms. The van der Waals surface area contributed by atoms with Gasteiger partial charge in [0.05, 0.1) is 34.9 Å². The number of anilines is 2. The summed E-state index contributed by atoms with van der Waals surface area (Å²) in [5.41, 5.74) is 4.86. The molecule has 0 saturated carbocycles. The fourth-order valence-electron chi connectivity index (χ4n) is 5.83. The molecule has 2 fully saturated rings. The molecule has 1 atom stereocenters. The summed E-state index contributed by atoms with van der Waals surface area (Å²) in [5.74, 6) is 1.59. The van der Waals surface area contributed by atoms with Crippen molar-refractivity contribution in [2.24, 2.45) is 0 Å². The van der Waals surface area contributed by atoms with Gasteiger partial charge in [0.1, 0.15) is 5.75 Å². The van der Waals surface area contributed by atoms with E-state index in [4.69, 9.17) is 9.47 Å². The van der Waals surface area contributed by atoms with Gasteiger partial charge in [0.25, 0.3) is 0 Å². The van der Waals surface area contributed by atoms with E-state index in [1.54, 1.807) is 17.8 Å². The topological polar surface area (TPSA) is 81.9 Å². The van der Waals surface area contributed by atoms with Gasteiger partial charge in [-0.3, -0.25) is 15.0 Å². The van der Waals surface area contributed by atoms with Gasteiger partial charge in [0.15, 0.2) is 5.75 Å². The van der Waals surface area contributed by atoms with E-state index in [2.05, 4.69) is 73.9 Å². The van der Waals surface area contributed by atoms with Crippen LogP contribution < -0.4 is 25.8 Å². The Hall–Kier alpha value is -3.76. The molecule has 9 heteroatoms. The second-order valence-electron chi connectivity index (χ2n) is 10.9. The third-order valence-electron chi connectivity index (χ3n) is 8.01. The van der Waals surface area contributed by atoms with Crippen molar-refractivity contribution in [1.82, 2.24) is 15.2 Å². The lowest BCUT2D eigenvalue weighted by atomic mass is 10.1. The van der Waals surface area contributed by atoms with E-state index in [9.17, 15) is 4.79 Å². The van der Waals surface area contributed by atoms with Crippen LogP contribution in [-0.2, 0) is 11.2 Å². The van der Waals surface area contributed by atoms with E-state index >= 15 is 0 Å². The molecule has 0 bridgehead atoms. The number of nitrogens with zero attached hydrogens (tertiary/aromatic N) is 2. The van der Waals surface area contributed by atoms with E-state index in [1.165, 1.54) is 5.56 Å². The number of H-pyrrole nitrogens is 1. The minimum absolute atomic E-state index is 0.124. The molecule has 3 aromatic carbocycles. The Kier molecular flexibility index (Phi) is 7.89. The van der Waals surface area contributed by atoms with E-state index < -0.39 is 0 Å². The van der Waals surface area contributed by atoms with Crippen LogP contribution in [0.4, 0.5) is 11.4 Å². The molecule has 3 aliphatic heterocycles. The summed E-state index contributed by atoms with van der Waals surface area (Å²) in [5, 5.41) is 7.31. The summed E-state index contributed by atoms with van der Waals surface area (Å²) in [6.45, 7) is 6.89. The number of piperazine rings is 1. The van der Waals surface area contributed by atoms with E-state index in [0.717, 1.165) is 89.6 Å². The highest BCUT2D eigenvalue weighted by molar-refractivity contribution is 7.99. The van der Waals surface area contributed by atoms with Gasteiger partial charge in [-0.15, -0.1) is 0 Å². The maximum absolute atomic E-state index is 12.6. The normalized spacial score (nSPS) is 18.6. The Bertz CT molecular complexity index is 1610. The molecule has 0 radical (unpaired) electrons. The predicted octanol–water partition coefficient (Wildman–Crippen LogP) is 5.02. The molecule has 3 aliphatic rings. The van der Waals surface area contributed by atoms with E-state index in [-0.39, 0.29) is 11.7 Å². The maximum atomic E-state index is 12.6. The highest BCUT2D eigenvalue weighted by Crippen LogP contribution is 2.51. The Morgan fingerprint density at radius 3 is 2.69 bits per heavy atom. The van der Waals surface area contributed by atoms with Crippen molar-refractivity contribution >= 4 is 23.1 Å². The first-order valence-corrected chi connectivity index (χ1v) is 15.5. The second kappa shape index (κ2) is 12.2. The van der Waals surface area contributed by atoms with Gasteiger partial charge < -0.3 is 24.7 Å². The van der Waals surface area contributed by atoms with E-state index in [0.29, 0.717) is 13.2 Å². The zero-order valence-corrected chi connectivity index (χ0v) is 24.3. The van der Waals surface area contributed by atoms with Crippen molar-refractivity contribution in [2.45, 2.75) is 22.4 Å². The molecule has 0 aliphatic carbocycles. The summed E-state index contributed by atoms with van der Waals surface area (Å²) < 4.78 is 12.0. The van der Waals surface area contributed by atoms with Crippen LogP contribution in [0, 0.1) is 0 Å². The summed E-state index contributed by atoms with van der Waals surface area (Å²) in [7, 11) is 0. The van der Waals surface area contributed by atoms with Crippen molar-refractivity contribution < 1.29 is 9.47 Å². The van der Waals surface area contributed by atoms with Crippen LogP contribution in [0.1, 0.15) is 5.56 Å². The molecule has 1 aromatic heterocycles. The van der Waals surface area contributed by atoms with Crippen molar-refractivity contribution in [1.29, 1.82) is 0 Å². The smallest absolute Gasteiger partial charge is 0.250 e. The molecule has 42 heavy (non-hydrogen) atoms. The third kappa shape index (κ3) is 6.05. The largest absolute Gasteiger partial charge is 0.454 e. The van der Waals surface area contributed by atoms with Gasteiger partial charge in [0, 0.05) is 62.3 Å². The van der Waals surface area contributed by atoms with Gasteiger partial charge >= 0.3 is 0 Å². The zero-order valence-electron chi connectivity index (χ0n) is 23.5. The van der Waals surface area contributed by atoms with Crippen LogP contribution in [0.15, 0.2) is 93.4 Å². The third-order valence-corrected chi connectivity index (χ3v) is 9.09. The first kappa shape index (κ1) is 27.1. The molecule has 4 aromatic rings. The minimum atomic E-state index is -0.124. The van der Waals surface area contributed by atoms with Gasteiger partial charge in [-0.1, -0.05) is 48.2 Å². The highest BCUT2D eigenvalue weighted by Gasteiger charge is 2.24. The number of benzene rings is 3. The molecule has 216 valence electrons. The Morgan fingerprint density at radius 2 is 1.81 bits per heavy atom. The molecule has 0 amide bonds. The number of nitrogens with one attached hydrogen (secondary N) is 3. The predicted molar refractivity (Wildman–Crippen MR) is 168 cm³/mol.